The maximum atomic E-state index is 12.9. The van der Waals surface area contributed by atoms with E-state index in [0.29, 0.717) is 12.5 Å². The van der Waals surface area contributed by atoms with Crippen LogP contribution in [0.25, 0.3) is 0 Å². The van der Waals surface area contributed by atoms with Crippen molar-refractivity contribution in [3.05, 3.63) is 29.8 Å². The highest BCUT2D eigenvalue weighted by molar-refractivity contribution is 5.90. The molecule has 1 fully saturated rings. The van der Waals surface area contributed by atoms with E-state index in [0.717, 1.165) is 25.6 Å². The normalized spacial score (nSPS) is 19.2. The van der Waals surface area contributed by atoms with Crippen molar-refractivity contribution in [2.45, 2.75) is 12.6 Å². The first-order chi connectivity index (χ1) is 10.3. The number of benzene rings is 1. The number of carbonyl (C=O) groups is 1. The summed E-state index contributed by atoms with van der Waals surface area (Å²) in [6, 6.07) is 4.47. The number of hydrogen-bond donors (Lipinski definition) is 1. The lowest BCUT2D eigenvalue weighted by Crippen LogP contribution is -2.36. The Kier molecular flexibility index (Phi) is 4.95. The SMILES string of the molecule is CN1CC[C@@H](CN(C)C(=O)Nc2ccccc2C(F)(F)F)C1. The summed E-state index contributed by atoms with van der Waals surface area (Å²) < 4.78 is 38.7. The Morgan fingerprint density at radius 3 is 2.68 bits per heavy atom. The van der Waals surface area contributed by atoms with Crippen LogP contribution in [0.3, 0.4) is 0 Å². The zero-order valence-corrected chi connectivity index (χ0v) is 12.7. The second kappa shape index (κ2) is 6.56. The second-order valence-electron chi connectivity index (χ2n) is 5.77. The third-order valence-corrected chi connectivity index (χ3v) is 3.84. The number of urea groups is 1. The second-order valence-corrected chi connectivity index (χ2v) is 5.77. The number of halogens is 3. The average molecular weight is 315 g/mol. The largest absolute Gasteiger partial charge is 0.418 e. The summed E-state index contributed by atoms with van der Waals surface area (Å²) in [4.78, 5) is 15.7. The molecule has 7 heteroatoms. The quantitative estimate of drug-likeness (QED) is 0.930. The predicted molar refractivity (Wildman–Crippen MR) is 78.7 cm³/mol. The number of rotatable bonds is 3. The van der Waals surface area contributed by atoms with Crippen LogP contribution < -0.4 is 5.32 Å². The highest BCUT2D eigenvalue weighted by Crippen LogP contribution is 2.34. The molecule has 0 saturated carbocycles. The minimum Gasteiger partial charge on any atom is -0.327 e. The van der Waals surface area contributed by atoms with Crippen LogP contribution in [0.2, 0.25) is 0 Å². The molecule has 2 rings (SSSR count). The van der Waals surface area contributed by atoms with E-state index in [2.05, 4.69) is 10.2 Å². The van der Waals surface area contributed by atoms with Gasteiger partial charge < -0.3 is 15.1 Å². The Hall–Kier alpha value is -1.76. The third kappa shape index (κ3) is 4.13. The molecule has 4 nitrogen and oxygen atoms in total. The molecular formula is C15H20F3N3O. The predicted octanol–water partition coefficient (Wildman–Crippen LogP) is 3.12. The fraction of sp³-hybridized carbons (Fsp3) is 0.533. The van der Waals surface area contributed by atoms with Crippen molar-refractivity contribution in [3.8, 4) is 0 Å². The van der Waals surface area contributed by atoms with Gasteiger partial charge >= 0.3 is 12.2 Å². The maximum absolute atomic E-state index is 12.9. The molecule has 22 heavy (non-hydrogen) atoms. The lowest BCUT2D eigenvalue weighted by atomic mass is 10.1. The van der Waals surface area contributed by atoms with Gasteiger partial charge in [-0.05, 0) is 38.1 Å². The third-order valence-electron chi connectivity index (χ3n) is 3.84. The number of anilines is 1. The van der Waals surface area contributed by atoms with Gasteiger partial charge in [-0.2, -0.15) is 13.2 Å². The van der Waals surface area contributed by atoms with E-state index >= 15 is 0 Å². The number of para-hydroxylation sites is 1. The zero-order valence-electron chi connectivity index (χ0n) is 12.7. The zero-order chi connectivity index (χ0) is 16.3. The van der Waals surface area contributed by atoms with Crippen LogP contribution in [0.5, 0.6) is 0 Å². The van der Waals surface area contributed by atoms with Crippen molar-refractivity contribution >= 4 is 11.7 Å². The minimum absolute atomic E-state index is 0.213. The fourth-order valence-corrected chi connectivity index (χ4v) is 2.70. The molecule has 1 aliphatic rings. The Bertz CT molecular complexity index is 533. The Balaban J connectivity index is 2.00. The smallest absolute Gasteiger partial charge is 0.327 e. The van der Waals surface area contributed by atoms with Gasteiger partial charge in [0.25, 0.3) is 0 Å². The molecule has 2 amide bonds. The van der Waals surface area contributed by atoms with E-state index in [1.54, 1.807) is 7.05 Å². The first kappa shape index (κ1) is 16.6. The van der Waals surface area contributed by atoms with Crippen LogP contribution in [0.4, 0.5) is 23.7 Å². The lowest BCUT2D eigenvalue weighted by molar-refractivity contribution is -0.136. The molecule has 0 radical (unpaired) electrons. The minimum atomic E-state index is -4.49. The number of amides is 2. The van der Waals surface area contributed by atoms with Gasteiger partial charge in [-0.25, -0.2) is 4.79 Å². The summed E-state index contributed by atoms with van der Waals surface area (Å²) in [6.07, 6.45) is -3.50. The van der Waals surface area contributed by atoms with Crippen LogP contribution in [0.1, 0.15) is 12.0 Å². The molecular weight excluding hydrogens is 295 g/mol. The number of likely N-dealkylation sites (tertiary alicyclic amines) is 1. The van der Waals surface area contributed by atoms with Crippen LogP contribution in [-0.4, -0.2) is 49.6 Å². The number of hydrogen-bond acceptors (Lipinski definition) is 2. The molecule has 1 aromatic rings. The van der Waals surface area contributed by atoms with Crippen molar-refractivity contribution in [1.29, 1.82) is 0 Å². The average Bonchev–Trinajstić information content (AvgIpc) is 2.83. The Morgan fingerprint density at radius 2 is 2.09 bits per heavy atom. The highest BCUT2D eigenvalue weighted by Gasteiger charge is 2.34. The Morgan fingerprint density at radius 1 is 1.41 bits per heavy atom. The van der Waals surface area contributed by atoms with Crippen molar-refractivity contribution in [1.82, 2.24) is 9.80 Å². The highest BCUT2D eigenvalue weighted by atomic mass is 19.4. The molecule has 1 aromatic carbocycles. The summed E-state index contributed by atoms with van der Waals surface area (Å²) in [5.41, 5.74) is -1.05. The number of carbonyl (C=O) groups excluding carboxylic acids is 1. The molecule has 1 saturated heterocycles. The van der Waals surface area contributed by atoms with Gasteiger partial charge in [0.15, 0.2) is 0 Å². The van der Waals surface area contributed by atoms with Crippen LogP contribution in [0, 0.1) is 5.92 Å². The van der Waals surface area contributed by atoms with Crippen LogP contribution >= 0.6 is 0 Å². The summed E-state index contributed by atoms with van der Waals surface area (Å²) in [6.45, 7) is 2.41. The lowest BCUT2D eigenvalue weighted by Gasteiger charge is -2.22. The van der Waals surface area contributed by atoms with Gasteiger partial charge in [-0.1, -0.05) is 12.1 Å². The van der Waals surface area contributed by atoms with E-state index in [1.165, 1.54) is 23.1 Å². The first-order valence-corrected chi connectivity index (χ1v) is 7.14. The molecule has 1 heterocycles. The molecule has 122 valence electrons. The number of nitrogens with zero attached hydrogens (tertiary/aromatic N) is 2. The van der Waals surface area contributed by atoms with Crippen molar-refractivity contribution < 1.29 is 18.0 Å². The number of alkyl halides is 3. The van der Waals surface area contributed by atoms with E-state index in [9.17, 15) is 18.0 Å². The van der Waals surface area contributed by atoms with E-state index < -0.39 is 17.8 Å². The first-order valence-electron chi connectivity index (χ1n) is 7.14. The molecule has 0 bridgehead atoms. The molecule has 0 aliphatic carbocycles. The van der Waals surface area contributed by atoms with Gasteiger partial charge in [0.2, 0.25) is 0 Å². The summed E-state index contributed by atoms with van der Waals surface area (Å²) in [5, 5.41) is 2.36. The molecule has 1 aliphatic heterocycles. The van der Waals surface area contributed by atoms with Gasteiger partial charge in [-0.3, -0.25) is 0 Å². The van der Waals surface area contributed by atoms with Gasteiger partial charge in [-0.15, -0.1) is 0 Å². The summed E-state index contributed by atoms with van der Waals surface area (Å²) >= 11 is 0. The van der Waals surface area contributed by atoms with E-state index in [4.69, 9.17) is 0 Å². The molecule has 0 unspecified atom stereocenters. The van der Waals surface area contributed by atoms with Crippen molar-refractivity contribution in [2.75, 3.05) is 39.0 Å². The van der Waals surface area contributed by atoms with E-state index in [-0.39, 0.29) is 5.69 Å². The fourth-order valence-electron chi connectivity index (χ4n) is 2.70. The molecule has 0 spiro atoms. The standard InChI is InChI=1S/C15H20F3N3O/c1-20-8-7-11(9-20)10-21(2)14(22)19-13-6-4-3-5-12(13)15(16,17)18/h3-6,11H,7-10H2,1-2H3,(H,19,22)/t11-/m1/s1. The Labute approximate surface area is 127 Å². The monoisotopic (exact) mass is 315 g/mol. The van der Waals surface area contributed by atoms with Gasteiger partial charge in [0.1, 0.15) is 0 Å². The molecule has 0 aromatic heterocycles. The summed E-state index contributed by atoms with van der Waals surface area (Å²) in [7, 11) is 3.61. The van der Waals surface area contributed by atoms with Gasteiger partial charge in [0, 0.05) is 20.1 Å². The topological polar surface area (TPSA) is 35.6 Å². The molecule has 1 N–H and O–H groups in total. The van der Waals surface area contributed by atoms with Crippen molar-refractivity contribution in [2.24, 2.45) is 5.92 Å². The van der Waals surface area contributed by atoms with Crippen LogP contribution in [0.15, 0.2) is 24.3 Å². The van der Waals surface area contributed by atoms with Crippen LogP contribution in [-0.2, 0) is 6.18 Å². The van der Waals surface area contributed by atoms with Gasteiger partial charge in [0.05, 0.1) is 11.3 Å². The summed E-state index contributed by atoms with van der Waals surface area (Å²) in [5.74, 6) is 0.360. The number of nitrogens with one attached hydrogen (secondary N) is 1. The van der Waals surface area contributed by atoms with Crippen molar-refractivity contribution in [3.63, 3.8) is 0 Å². The van der Waals surface area contributed by atoms with E-state index in [1.807, 2.05) is 7.05 Å². The molecule has 1 atom stereocenters. The maximum Gasteiger partial charge on any atom is 0.418 e.